The minimum Gasteiger partial charge on any atom is -0.385 e. The number of amides is 1. The molecule has 0 radical (unpaired) electrons. The zero-order chi connectivity index (χ0) is 26.3. The van der Waals surface area contributed by atoms with Crippen LogP contribution in [0.1, 0.15) is 42.4 Å². The Morgan fingerprint density at radius 1 is 1.16 bits per heavy atom. The van der Waals surface area contributed by atoms with Crippen LogP contribution in [0.25, 0.3) is 0 Å². The van der Waals surface area contributed by atoms with E-state index in [1.807, 2.05) is 42.1 Å². The molecule has 1 amide bonds. The van der Waals surface area contributed by atoms with E-state index in [1.165, 1.54) is 6.20 Å². The Bertz CT molecular complexity index is 1220. The zero-order valence-electron chi connectivity index (χ0n) is 21.3. The van der Waals surface area contributed by atoms with Gasteiger partial charge in [-0.05, 0) is 57.6 Å². The standard InChI is InChI=1S/C26H35N9O2/c1-4-12-29-23(36)20-16-30-25(31-19-9-7-18(8-10-19)28-14-6-5-13-27-3)34-22(20)32-21-17-35-15-11-26(2,37)24(35)33-21/h4,7-10,16-17,27-28,37H,1,5-6,11-15H2,2-3H3,(H,29,36)(H2,30,31,32,34). The Labute approximate surface area is 216 Å². The Kier molecular flexibility index (Phi) is 8.36. The van der Waals surface area contributed by atoms with E-state index in [0.29, 0.717) is 42.9 Å². The monoisotopic (exact) mass is 505 g/mol. The summed E-state index contributed by atoms with van der Waals surface area (Å²) in [6.07, 6.45) is 7.70. The molecule has 11 nitrogen and oxygen atoms in total. The lowest BCUT2D eigenvalue weighted by atomic mass is 10.1. The number of aromatic nitrogens is 4. The number of imidazole rings is 1. The second-order valence-corrected chi connectivity index (χ2v) is 9.19. The van der Waals surface area contributed by atoms with Gasteiger partial charge in [0, 0.05) is 49.8 Å². The molecule has 11 heteroatoms. The third-order valence-corrected chi connectivity index (χ3v) is 6.11. The highest BCUT2D eigenvalue weighted by Gasteiger charge is 2.35. The number of nitrogens with one attached hydrogen (secondary N) is 5. The molecule has 0 bridgehead atoms. The van der Waals surface area contributed by atoms with Crippen LogP contribution >= 0.6 is 0 Å². The fraction of sp³-hybridized carbons (Fsp3) is 0.385. The van der Waals surface area contributed by atoms with Gasteiger partial charge in [-0.1, -0.05) is 6.08 Å². The molecule has 1 aliphatic rings. The zero-order valence-corrected chi connectivity index (χ0v) is 21.3. The molecule has 37 heavy (non-hydrogen) atoms. The molecule has 196 valence electrons. The van der Waals surface area contributed by atoms with Gasteiger partial charge in [-0.15, -0.1) is 6.58 Å². The lowest BCUT2D eigenvalue weighted by Crippen LogP contribution is -2.25. The summed E-state index contributed by atoms with van der Waals surface area (Å²) in [5, 5.41) is 26.2. The summed E-state index contributed by atoms with van der Waals surface area (Å²) in [4.78, 5) is 26.2. The summed E-state index contributed by atoms with van der Waals surface area (Å²) in [7, 11) is 1.96. The number of fused-ring (bicyclic) bond motifs is 1. The third-order valence-electron chi connectivity index (χ3n) is 6.11. The summed E-state index contributed by atoms with van der Waals surface area (Å²) < 4.78 is 1.90. The van der Waals surface area contributed by atoms with E-state index < -0.39 is 5.60 Å². The Balaban J connectivity index is 1.49. The van der Waals surface area contributed by atoms with Crippen molar-refractivity contribution in [3.05, 3.63) is 60.7 Å². The van der Waals surface area contributed by atoms with E-state index in [-0.39, 0.29) is 11.5 Å². The number of hydrogen-bond acceptors (Lipinski definition) is 9. The second kappa shape index (κ2) is 11.8. The molecule has 4 rings (SSSR count). The van der Waals surface area contributed by atoms with Gasteiger partial charge < -0.3 is 36.3 Å². The number of benzene rings is 1. The van der Waals surface area contributed by atoms with Gasteiger partial charge in [0.05, 0.1) is 0 Å². The van der Waals surface area contributed by atoms with E-state index in [0.717, 1.165) is 37.3 Å². The van der Waals surface area contributed by atoms with Crippen molar-refractivity contribution in [3.8, 4) is 0 Å². The van der Waals surface area contributed by atoms with Crippen LogP contribution in [0, 0.1) is 0 Å². The summed E-state index contributed by atoms with van der Waals surface area (Å²) in [6, 6.07) is 7.88. The number of aliphatic hydroxyl groups is 1. The number of aryl methyl sites for hydroxylation is 1. The molecular formula is C26H35N9O2. The minimum absolute atomic E-state index is 0.269. The molecule has 3 heterocycles. The van der Waals surface area contributed by atoms with Gasteiger partial charge >= 0.3 is 0 Å². The van der Waals surface area contributed by atoms with Gasteiger partial charge in [-0.3, -0.25) is 4.79 Å². The molecule has 1 atom stereocenters. The Morgan fingerprint density at radius 3 is 2.65 bits per heavy atom. The first-order valence-electron chi connectivity index (χ1n) is 12.5. The lowest BCUT2D eigenvalue weighted by Gasteiger charge is -2.14. The predicted molar refractivity (Wildman–Crippen MR) is 146 cm³/mol. The van der Waals surface area contributed by atoms with Crippen molar-refractivity contribution in [2.24, 2.45) is 0 Å². The highest BCUT2D eigenvalue weighted by atomic mass is 16.3. The van der Waals surface area contributed by atoms with Gasteiger partial charge in [-0.2, -0.15) is 4.98 Å². The van der Waals surface area contributed by atoms with Crippen LogP contribution in [0.4, 0.5) is 29.0 Å². The van der Waals surface area contributed by atoms with Crippen LogP contribution in [-0.4, -0.2) is 57.2 Å². The van der Waals surface area contributed by atoms with Gasteiger partial charge in [-0.25, -0.2) is 9.97 Å². The van der Waals surface area contributed by atoms with Crippen LogP contribution in [0.2, 0.25) is 0 Å². The van der Waals surface area contributed by atoms with Crippen LogP contribution in [0.5, 0.6) is 0 Å². The number of rotatable bonds is 13. The van der Waals surface area contributed by atoms with Crippen LogP contribution < -0.4 is 26.6 Å². The molecule has 1 unspecified atom stereocenters. The molecule has 0 spiro atoms. The first kappa shape index (κ1) is 26.1. The first-order chi connectivity index (χ1) is 17.9. The molecule has 0 aliphatic carbocycles. The number of anilines is 5. The van der Waals surface area contributed by atoms with Crippen molar-refractivity contribution in [1.82, 2.24) is 30.2 Å². The van der Waals surface area contributed by atoms with Crippen molar-refractivity contribution >= 4 is 34.9 Å². The Hall–Kier alpha value is -3.96. The van der Waals surface area contributed by atoms with Gasteiger partial charge in [0.25, 0.3) is 5.91 Å². The fourth-order valence-electron chi connectivity index (χ4n) is 4.07. The molecule has 1 aliphatic heterocycles. The highest BCUT2D eigenvalue weighted by Crippen LogP contribution is 2.33. The summed E-state index contributed by atoms with van der Waals surface area (Å²) >= 11 is 0. The van der Waals surface area contributed by atoms with Crippen LogP contribution in [-0.2, 0) is 12.1 Å². The summed E-state index contributed by atoms with van der Waals surface area (Å²) in [5.74, 6) is 1.36. The number of unbranched alkanes of at least 4 members (excludes halogenated alkanes) is 1. The third kappa shape index (κ3) is 6.63. The molecule has 2 aromatic heterocycles. The first-order valence-corrected chi connectivity index (χ1v) is 12.5. The van der Waals surface area contributed by atoms with E-state index in [4.69, 9.17) is 0 Å². The molecule has 1 aromatic carbocycles. The summed E-state index contributed by atoms with van der Waals surface area (Å²) in [6.45, 7) is 8.29. The van der Waals surface area contributed by atoms with Crippen molar-refractivity contribution in [2.75, 3.05) is 42.6 Å². The smallest absolute Gasteiger partial charge is 0.256 e. The largest absolute Gasteiger partial charge is 0.385 e. The maximum absolute atomic E-state index is 12.7. The van der Waals surface area contributed by atoms with E-state index in [9.17, 15) is 9.90 Å². The Morgan fingerprint density at radius 2 is 1.92 bits per heavy atom. The SMILES string of the molecule is C=CCNC(=O)c1cnc(Nc2ccc(NCCCCNC)cc2)nc1Nc1cn2c(n1)C(C)(O)CC2. The van der Waals surface area contributed by atoms with Crippen LogP contribution in [0.15, 0.2) is 49.3 Å². The maximum atomic E-state index is 12.7. The predicted octanol–water partition coefficient (Wildman–Crippen LogP) is 3.10. The van der Waals surface area contributed by atoms with Gasteiger partial charge in [0.1, 0.15) is 28.6 Å². The van der Waals surface area contributed by atoms with Crippen molar-refractivity contribution in [3.63, 3.8) is 0 Å². The lowest BCUT2D eigenvalue weighted by molar-refractivity contribution is 0.0552. The number of carbonyl (C=O) groups excluding carboxylic acids is 1. The topological polar surface area (TPSA) is 141 Å². The fourth-order valence-corrected chi connectivity index (χ4v) is 4.07. The van der Waals surface area contributed by atoms with Crippen molar-refractivity contribution in [1.29, 1.82) is 0 Å². The van der Waals surface area contributed by atoms with Gasteiger partial charge in [0.2, 0.25) is 5.95 Å². The van der Waals surface area contributed by atoms with Gasteiger partial charge in [0.15, 0.2) is 0 Å². The molecule has 0 fully saturated rings. The molecule has 3 aromatic rings. The van der Waals surface area contributed by atoms with E-state index >= 15 is 0 Å². The average molecular weight is 506 g/mol. The number of nitrogens with zero attached hydrogens (tertiary/aromatic N) is 4. The van der Waals surface area contributed by atoms with Crippen LogP contribution in [0.3, 0.4) is 0 Å². The molecule has 0 saturated heterocycles. The van der Waals surface area contributed by atoms with E-state index in [1.54, 1.807) is 13.0 Å². The summed E-state index contributed by atoms with van der Waals surface area (Å²) in [5.41, 5.74) is 1.13. The minimum atomic E-state index is -0.990. The maximum Gasteiger partial charge on any atom is 0.256 e. The number of hydrogen-bond donors (Lipinski definition) is 6. The quantitative estimate of drug-likeness (QED) is 0.153. The molecular weight excluding hydrogens is 470 g/mol. The number of carbonyl (C=O) groups is 1. The van der Waals surface area contributed by atoms with Crippen molar-refractivity contribution in [2.45, 2.75) is 38.3 Å². The van der Waals surface area contributed by atoms with Crippen molar-refractivity contribution < 1.29 is 9.90 Å². The molecule has 6 N–H and O–H groups in total. The van der Waals surface area contributed by atoms with E-state index in [2.05, 4.69) is 48.1 Å². The highest BCUT2D eigenvalue weighted by molar-refractivity contribution is 5.99. The molecule has 0 saturated carbocycles. The second-order valence-electron chi connectivity index (χ2n) is 9.19. The normalized spacial score (nSPS) is 16.2. The average Bonchev–Trinajstić information content (AvgIpc) is 3.42.